The Balaban J connectivity index is 2.06. The summed E-state index contributed by atoms with van der Waals surface area (Å²) in [6, 6.07) is 0.157. The fourth-order valence-corrected chi connectivity index (χ4v) is 3.10. The maximum atomic E-state index is 6.14. The van der Waals surface area contributed by atoms with Gasteiger partial charge in [-0.1, -0.05) is 0 Å². The molecule has 2 aromatic heterocycles. The van der Waals surface area contributed by atoms with Crippen LogP contribution in [0.5, 0.6) is 0 Å². The Morgan fingerprint density at radius 2 is 2.00 bits per heavy atom. The van der Waals surface area contributed by atoms with E-state index in [4.69, 9.17) is 5.73 Å². The third kappa shape index (κ3) is 1.42. The van der Waals surface area contributed by atoms with E-state index in [1.165, 1.54) is 18.4 Å². The minimum absolute atomic E-state index is 0.157. The van der Waals surface area contributed by atoms with Crippen LogP contribution < -0.4 is 10.6 Å². The zero-order valence-electron chi connectivity index (χ0n) is 12.0. The minimum Gasteiger partial charge on any atom is -0.382 e. The van der Waals surface area contributed by atoms with Gasteiger partial charge in [0.25, 0.3) is 0 Å². The molecule has 1 aliphatic heterocycles. The third-order valence-electron chi connectivity index (χ3n) is 4.43. The van der Waals surface area contributed by atoms with E-state index in [0.29, 0.717) is 11.7 Å². The highest BCUT2D eigenvalue weighted by molar-refractivity contribution is 5.90. The molecule has 6 nitrogen and oxygen atoms in total. The molecular weight excluding hydrogens is 252 g/mol. The van der Waals surface area contributed by atoms with Crippen molar-refractivity contribution in [3.8, 4) is 11.3 Å². The van der Waals surface area contributed by atoms with Gasteiger partial charge in [0, 0.05) is 25.9 Å². The molecular formula is C14H18N6. The molecule has 1 unspecified atom stereocenters. The Labute approximate surface area is 117 Å². The number of nitrogens with zero attached hydrogens (tertiary/aromatic N) is 5. The van der Waals surface area contributed by atoms with Gasteiger partial charge in [-0.3, -0.25) is 0 Å². The summed E-state index contributed by atoms with van der Waals surface area (Å²) in [5, 5.41) is 9.12. The van der Waals surface area contributed by atoms with Crippen molar-refractivity contribution in [2.75, 3.05) is 17.7 Å². The third-order valence-corrected chi connectivity index (χ3v) is 4.43. The van der Waals surface area contributed by atoms with E-state index in [9.17, 15) is 0 Å². The van der Waals surface area contributed by atoms with Gasteiger partial charge in [0.05, 0.1) is 11.7 Å². The molecule has 1 atom stereocenters. The molecule has 20 heavy (non-hydrogen) atoms. The number of nitrogens with two attached hydrogens (primary N) is 1. The first-order chi connectivity index (χ1) is 9.58. The Hall–Kier alpha value is -2.11. The standard InChI is InChI=1S/C14H18N6/c1-7-11-12(18-20(3)17-11)10-9(8-4-5-8)6-16-14(15)13(10)19(7)2/h6-8H,4-5H2,1-3H3,(H2,15,16). The summed E-state index contributed by atoms with van der Waals surface area (Å²) in [5.74, 6) is 1.18. The Morgan fingerprint density at radius 1 is 1.25 bits per heavy atom. The van der Waals surface area contributed by atoms with Gasteiger partial charge in [-0.25, -0.2) is 4.98 Å². The topological polar surface area (TPSA) is 72.9 Å². The fourth-order valence-electron chi connectivity index (χ4n) is 3.10. The molecule has 1 saturated carbocycles. The molecule has 3 heterocycles. The van der Waals surface area contributed by atoms with E-state index in [1.807, 2.05) is 13.2 Å². The molecule has 1 fully saturated rings. The largest absolute Gasteiger partial charge is 0.382 e. The van der Waals surface area contributed by atoms with Gasteiger partial charge >= 0.3 is 0 Å². The van der Waals surface area contributed by atoms with Crippen molar-refractivity contribution in [3.63, 3.8) is 0 Å². The van der Waals surface area contributed by atoms with Gasteiger partial charge in [-0.05, 0) is 31.2 Å². The van der Waals surface area contributed by atoms with E-state index in [1.54, 1.807) is 4.80 Å². The smallest absolute Gasteiger partial charge is 0.147 e. The number of pyridine rings is 1. The molecule has 104 valence electrons. The van der Waals surface area contributed by atoms with Crippen molar-refractivity contribution in [1.29, 1.82) is 0 Å². The molecule has 0 amide bonds. The van der Waals surface area contributed by atoms with Crippen LogP contribution in [0.1, 0.15) is 43.0 Å². The van der Waals surface area contributed by atoms with Crippen molar-refractivity contribution in [3.05, 3.63) is 17.5 Å². The molecule has 4 rings (SSSR count). The van der Waals surface area contributed by atoms with Crippen LogP contribution in [-0.2, 0) is 7.05 Å². The number of hydrogen-bond acceptors (Lipinski definition) is 5. The van der Waals surface area contributed by atoms with Crippen LogP contribution in [0.2, 0.25) is 0 Å². The Morgan fingerprint density at radius 3 is 2.70 bits per heavy atom. The lowest BCUT2D eigenvalue weighted by atomic mass is 9.93. The quantitative estimate of drug-likeness (QED) is 0.856. The van der Waals surface area contributed by atoms with Gasteiger partial charge in [0.2, 0.25) is 0 Å². The fraction of sp³-hybridized carbons (Fsp3) is 0.500. The van der Waals surface area contributed by atoms with Crippen molar-refractivity contribution >= 4 is 11.5 Å². The molecule has 1 aliphatic carbocycles. The molecule has 0 saturated heterocycles. The first kappa shape index (κ1) is 11.7. The molecule has 0 radical (unpaired) electrons. The summed E-state index contributed by atoms with van der Waals surface area (Å²) in [7, 11) is 3.92. The first-order valence-corrected chi connectivity index (χ1v) is 7.00. The van der Waals surface area contributed by atoms with E-state index in [-0.39, 0.29) is 6.04 Å². The van der Waals surface area contributed by atoms with Crippen LogP contribution in [0.3, 0.4) is 0 Å². The van der Waals surface area contributed by atoms with E-state index in [2.05, 4.69) is 34.1 Å². The molecule has 2 aliphatic rings. The number of rotatable bonds is 1. The number of anilines is 2. The lowest BCUT2D eigenvalue weighted by Crippen LogP contribution is -2.28. The highest BCUT2D eigenvalue weighted by Gasteiger charge is 2.37. The average molecular weight is 270 g/mol. The number of hydrogen-bond donors (Lipinski definition) is 1. The Bertz CT molecular complexity index is 700. The van der Waals surface area contributed by atoms with Gasteiger partial charge in [0.1, 0.15) is 17.2 Å². The molecule has 0 aromatic carbocycles. The molecule has 2 N–H and O–H groups in total. The number of aryl methyl sites for hydroxylation is 1. The van der Waals surface area contributed by atoms with Crippen LogP contribution in [-0.4, -0.2) is 27.0 Å². The zero-order valence-corrected chi connectivity index (χ0v) is 12.0. The van der Waals surface area contributed by atoms with Gasteiger partial charge < -0.3 is 10.6 Å². The second kappa shape index (κ2) is 3.71. The zero-order chi connectivity index (χ0) is 14.0. The summed E-state index contributed by atoms with van der Waals surface area (Å²) >= 11 is 0. The highest BCUT2D eigenvalue weighted by atomic mass is 15.5. The lowest BCUT2D eigenvalue weighted by Gasteiger charge is -2.33. The lowest BCUT2D eigenvalue weighted by molar-refractivity contribution is 0.625. The second-order valence-electron chi connectivity index (χ2n) is 5.81. The Kier molecular flexibility index (Phi) is 2.17. The summed E-state index contributed by atoms with van der Waals surface area (Å²) in [6.07, 6.45) is 4.38. The predicted octanol–water partition coefficient (Wildman–Crippen LogP) is 1.85. The van der Waals surface area contributed by atoms with Crippen LogP contribution in [0.15, 0.2) is 6.20 Å². The predicted molar refractivity (Wildman–Crippen MR) is 77.4 cm³/mol. The van der Waals surface area contributed by atoms with Crippen LogP contribution in [0.4, 0.5) is 11.5 Å². The van der Waals surface area contributed by atoms with Crippen molar-refractivity contribution in [2.24, 2.45) is 7.05 Å². The molecule has 2 aromatic rings. The number of nitrogen functional groups attached to an aromatic ring is 1. The maximum Gasteiger partial charge on any atom is 0.147 e. The van der Waals surface area contributed by atoms with Gasteiger partial charge in [-0.2, -0.15) is 15.0 Å². The van der Waals surface area contributed by atoms with E-state index < -0.39 is 0 Å². The average Bonchev–Trinajstić information content (AvgIpc) is 3.18. The van der Waals surface area contributed by atoms with E-state index in [0.717, 1.165) is 22.6 Å². The van der Waals surface area contributed by atoms with Crippen LogP contribution in [0.25, 0.3) is 11.3 Å². The number of aromatic nitrogens is 4. The summed E-state index contributed by atoms with van der Waals surface area (Å²) < 4.78 is 0. The van der Waals surface area contributed by atoms with Crippen LogP contribution >= 0.6 is 0 Å². The van der Waals surface area contributed by atoms with Crippen molar-refractivity contribution in [1.82, 2.24) is 20.0 Å². The first-order valence-electron chi connectivity index (χ1n) is 7.00. The normalized spacial score (nSPS) is 20.8. The molecule has 0 bridgehead atoms. The van der Waals surface area contributed by atoms with Gasteiger partial charge in [0.15, 0.2) is 0 Å². The second-order valence-corrected chi connectivity index (χ2v) is 5.81. The highest BCUT2D eigenvalue weighted by Crippen LogP contribution is 2.52. The van der Waals surface area contributed by atoms with E-state index >= 15 is 0 Å². The molecule has 6 heteroatoms. The summed E-state index contributed by atoms with van der Waals surface area (Å²) in [5.41, 5.74) is 11.6. The maximum absolute atomic E-state index is 6.14. The minimum atomic E-state index is 0.157. The summed E-state index contributed by atoms with van der Waals surface area (Å²) in [4.78, 5) is 8.22. The SMILES string of the molecule is CC1c2nn(C)nc2-c2c(C3CC3)cnc(N)c2N1C. The number of fused-ring (bicyclic) bond motifs is 3. The van der Waals surface area contributed by atoms with Crippen LogP contribution in [0, 0.1) is 0 Å². The van der Waals surface area contributed by atoms with Crippen molar-refractivity contribution in [2.45, 2.75) is 31.7 Å². The molecule has 0 spiro atoms. The summed E-state index contributed by atoms with van der Waals surface area (Å²) in [6.45, 7) is 2.12. The monoisotopic (exact) mass is 270 g/mol. The van der Waals surface area contributed by atoms with Gasteiger partial charge in [-0.15, -0.1) is 0 Å². The van der Waals surface area contributed by atoms with Crippen molar-refractivity contribution < 1.29 is 0 Å².